The molecule has 6 nitrogen and oxygen atoms in total. The summed E-state index contributed by atoms with van der Waals surface area (Å²) in [4.78, 5) is 11.5. The first-order valence-electron chi connectivity index (χ1n) is 7.19. The quantitative estimate of drug-likeness (QED) is 0.515. The van der Waals surface area contributed by atoms with Gasteiger partial charge in [-0.3, -0.25) is 0 Å². The Morgan fingerprint density at radius 3 is 2.29 bits per heavy atom. The summed E-state index contributed by atoms with van der Waals surface area (Å²) in [6, 6.07) is 5.34. The minimum Gasteiger partial charge on any atom is -0.506 e. The van der Waals surface area contributed by atoms with E-state index >= 15 is 0 Å². The zero-order valence-corrected chi connectivity index (χ0v) is 14.3. The van der Waals surface area contributed by atoms with Gasteiger partial charge < -0.3 is 24.1 Å². The summed E-state index contributed by atoms with van der Waals surface area (Å²) >= 11 is 0. The summed E-state index contributed by atoms with van der Waals surface area (Å²) in [5.41, 5.74) is 1.13. The molecule has 6 heteroatoms. The molecule has 0 saturated heterocycles. The van der Waals surface area contributed by atoms with Crippen LogP contribution in [0.4, 0.5) is 0 Å². The van der Waals surface area contributed by atoms with Crippen LogP contribution >= 0.6 is 0 Å². The van der Waals surface area contributed by atoms with Gasteiger partial charge in [0.1, 0.15) is 23.0 Å². The van der Waals surface area contributed by atoms with E-state index in [1.165, 1.54) is 27.4 Å². The largest absolute Gasteiger partial charge is 0.506 e. The van der Waals surface area contributed by atoms with E-state index in [4.69, 9.17) is 14.2 Å². The van der Waals surface area contributed by atoms with Crippen molar-refractivity contribution in [2.24, 2.45) is 0 Å². The Bertz CT molecular complexity index is 807. The molecule has 1 N–H and O–H groups in total. The van der Waals surface area contributed by atoms with E-state index in [9.17, 15) is 9.90 Å². The molecular formula is C18H20O6. The molecule has 0 fully saturated rings. The molecular weight excluding hydrogens is 312 g/mol. The fraction of sp³-hybridized carbons (Fsp3) is 0.278. The molecule has 0 radical (unpaired) electrons. The summed E-state index contributed by atoms with van der Waals surface area (Å²) < 4.78 is 20.5. The second-order valence-corrected chi connectivity index (χ2v) is 5.08. The number of benzene rings is 2. The van der Waals surface area contributed by atoms with Gasteiger partial charge in [0.2, 0.25) is 0 Å². The Hall–Kier alpha value is -2.89. The highest BCUT2D eigenvalue weighted by molar-refractivity contribution is 6.00. The van der Waals surface area contributed by atoms with Crippen LogP contribution in [-0.4, -0.2) is 39.5 Å². The number of hydrogen-bond donors (Lipinski definition) is 1. The van der Waals surface area contributed by atoms with Crippen LogP contribution in [0.3, 0.4) is 0 Å². The third-order valence-electron chi connectivity index (χ3n) is 3.72. The first kappa shape index (κ1) is 17.5. The van der Waals surface area contributed by atoms with Crippen LogP contribution in [0, 0.1) is 6.92 Å². The standard InChI is InChI=1S/C18H20O6/c1-10-6-11-7-12(21-2)8-13(22-3)17(11)18(20)16(10)14(23-4)9-15(19)24-5/h6-9,20H,1-5H3. The molecule has 0 heterocycles. The van der Waals surface area contributed by atoms with Crippen molar-refractivity contribution in [3.05, 3.63) is 35.4 Å². The van der Waals surface area contributed by atoms with Crippen molar-refractivity contribution in [3.8, 4) is 17.2 Å². The number of hydrogen-bond acceptors (Lipinski definition) is 6. The highest BCUT2D eigenvalue weighted by atomic mass is 16.5. The lowest BCUT2D eigenvalue weighted by molar-refractivity contribution is -0.134. The van der Waals surface area contributed by atoms with E-state index in [0.717, 1.165) is 10.9 Å². The Kier molecular flexibility index (Phi) is 5.18. The van der Waals surface area contributed by atoms with Crippen LogP contribution in [0.15, 0.2) is 24.3 Å². The second kappa shape index (κ2) is 7.12. The maximum Gasteiger partial charge on any atom is 0.334 e. The van der Waals surface area contributed by atoms with Crippen molar-refractivity contribution >= 4 is 22.5 Å². The Labute approximate surface area is 140 Å². The number of phenolic OH excluding ortho intramolecular Hbond substituents is 1. The number of esters is 1. The van der Waals surface area contributed by atoms with Crippen LogP contribution in [0.2, 0.25) is 0 Å². The van der Waals surface area contributed by atoms with Gasteiger partial charge in [-0.2, -0.15) is 0 Å². The Balaban J connectivity index is 2.81. The molecule has 0 bridgehead atoms. The smallest absolute Gasteiger partial charge is 0.334 e. The number of aromatic hydroxyl groups is 1. The number of ether oxygens (including phenoxy) is 4. The molecule has 0 aromatic heterocycles. The zero-order chi connectivity index (χ0) is 17.9. The second-order valence-electron chi connectivity index (χ2n) is 5.08. The summed E-state index contributed by atoms with van der Waals surface area (Å²) in [5.74, 6) is 0.658. The van der Waals surface area contributed by atoms with Crippen LogP contribution in [0.5, 0.6) is 17.2 Å². The van der Waals surface area contributed by atoms with Crippen molar-refractivity contribution in [2.45, 2.75) is 6.92 Å². The monoisotopic (exact) mass is 332 g/mol. The lowest BCUT2D eigenvalue weighted by Gasteiger charge is -2.16. The number of methoxy groups -OCH3 is 4. The lowest BCUT2D eigenvalue weighted by atomic mass is 9.97. The van der Waals surface area contributed by atoms with Gasteiger partial charge in [-0.05, 0) is 23.9 Å². The average molecular weight is 332 g/mol. The van der Waals surface area contributed by atoms with Gasteiger partial charge in [-0.1, -0.05) is 6.07 Å². The topological polar surface area (TPSA) is 74.2 Å². The van der Waals surface area contributed by atoms with Crippen molar-refractivity contribution in [3.63, 3.8) is 0 Å². The number of phenols is 1. The summed E-state index contributed by atoms with van der Waals surface area (Å²) in [7, 11) is 5.76. The molecule has 0 atom stereocenters. The van der Waals surface area contributed by atoms with Crippen LogP contribution < -0.4 is 9.47 Å². The van der Waals surface area contributed by atoms with Gasteiger partial charge in [0, 0.05) is 6.07 Å². The van der Waals surface area contributed by atoms with E-state index in [2.05, 4.69) is 4.74 Å². The van der Waals surface area contributed by atoms with Crippen LogP contribution in [0.1, 0.15) is 11.1 Å². The highest BCUT2D eigenvalue weighted by Gasteiger charge is 2.20. The highest BCUT2D eigenvalue weighted by Crippen LogP contribution is 2.42. The summed E-state index contributed by atoms with van der Waals surface area (Å²) in [5, 5.41) is 12.1. The van der Waals surface area contributed by atoms with Gasteiger partial charge in [-0.15, -0.1) is 0 Å². The Morgan fingerprint density at radius 1 is 1.04 bits per heavy atom. The van der Waals surface area contributed by atoms with Crippen LogP contribution in [0.25, 0.3) is 16.5 Å². The number of aryl methyl sites for hydroxylation is 1. The molecule has 0 spiro atoms. The number of carbonyl (C=O) groups is 1. The van der Waals surface area contributed by atoms with Gasteiger partial charge in [0.25, 0.3) is 0 Å². The summed E-state index contributed by atoms with van der Waals surface area (Å²) in [6.45, 7) is 1.81. The predicted octanol–water partition coefficient (Wildman–Crippen LogP) is 3.03. The van der Waals surface area contributed by atoms with Crippen molar-refractivity contribution in [1.82, 2.24) is 0 Å². The van der Waals surface area contributed by atoms with E-state index in [-0.39, 0.29) is 11.5 Å². The average Bonchev–Trinajstić information content (AvgIpc) is 2.58. The molecule has 0 aliphatic rings. The molecule has 0 aliphatic carbocycles. The molecule has 128 valence electrons. The van der Waals surface area contributed by atoms with Gasteiger partial charge in [0.15, 0.2) is 0 Å². The SMILES string of the molecule is COC(=O)C=C(OC)c1c(C)cc2cc(OC)cc(OC)c2c1O. The Morgan fingerprint density at radius 2 is 1.75 bits per heavy atom. The van der Waals surface area contributed by atoms with Gasteiger partial charge >= 0.3 is 5.97 Å². The maximum atomic E-state index is 11.5. The fourth-order valence-electron chi connectivity index (χ4n) is 2.58. The van der Waals surface area contributed by atoms with Crippen LogP contribution in [-0.2, 0) is 14.3 Å². The molecule has 2 rings (SSSR count). The fourth-order valence-corrected chi connectivity index (χ4v) is 2.58. The van der Waals surface area contributed by atoms with Crippen molar-refractivity contribution < 1.29 is 28.8 Å². The molecule has 0 saturated carbocycles. The molecule has 0 unspecified atom stereocenters. The van der Waals surface area contributed by atoms with Crippen molar-refractivity contribution in [1.29, 1.82) is 0 Å². The van der Waals surface area contributed by atoms with Gasteiger partial charge in [-0.25, -0.2) is 4.79 Å². The van der Waals surface area contributed by atoms with E-state index in [1.54, 1.807) is 19.2 Å². The molecule has 0 aliphatic heterocycles. The molecule has 2 aromatic rings. The minimum absolute atomic E-state index is 0.0403. The van der Waals surface area contributed by atoms with Crippen molar-refractivity contribution in [2.75, 3.05) is 28.4 Å². The third kappa shape index (κ3) is 3.08. The molecule has 24 heavy (non-hydrogen) atoms. The van der Waals surface area contributed by atoms with Gasteiger partial charge in [0.05, 0.1) is 45.5 Å². The maximum absolute atomic E-state index is 11.5. The normalized spacial score (nSPS) is 11.3. The zero-order valence-electron chi connectivity index (χ0n) is 14.3. The molecule has 0 amide bonds. The van der Waals surface area contributed by atoms with E-state index in [1.807, 2.05) is 13.0 Å². The number of carbonyl (C=O) groups excluding carboxylic acids is 1. The first-order chi connectivity index (χ1) is 11.5. The number of fused-ring (bicyclic) bond motifs is 1. The third-order valence-corrected chi connectivity index (χ3v) is 3.72. The predicted molar refractivity (Wildman–Crippen MR) is 90.5 cm³/mol. The molecule has 2 aromatic carbocycles. The summed E-state index contributed by atoms with van der Waals surface area (Å²) in [6.07, 6.45) is 1.18. The van der Waals surface area contributed by atoms with E-state index in [0.29, 0.717) is 22.4 Å². The first-order valence-corrected chi connectivity index (χ1v) is 7.19. The van der Waals surface area contributed by atoms with E-state index < -0.39 is 5.97 Å². The lowest BCUT2D eigenvalue weighted by Crippen LogP contribution is -2.01. The number of rotatable bonds is 5. The minimum atomic E-state index is -0.576.